The molecule has 2 aromatic carbocycles. The van der Waals surface area contributed by atoms with E-state index in [0.717, 1.165) is 31.6 Å². The van der Waals surface area contributed by atoms with E-state index in [0.29, 0.717) is 35.2 Å². The summed E-state index contributed by atoms with van der Waals surface area (Å²) in [6, 6.07) is 15.0. The lowest BCUT2D eigenvalue weighted by atomic mass is 9.80. The number of carbonyl (C=O) groups excluding carboxylic acids is 1. The molecular formula is C23H29N3O2. The largest absolute Gasteiger partial charge is 0.494 e. The van der Waals surface area contributed by atoms with Crippen LogP contribution in [0.1, 0.15) is 48.0 Å². The summed E-state index contributed by atoms with van der Waals surface area (Å²) in [5, 5.41) is 10.4. The highest BCUT2D eigenvalue weighted by molar-refractivity contribution is 5.97. The maximum Gasteiger partial charge on any atom is 0.251 e. The minimum atomic E-state index is -0.0958. The number of benzene rings is 2. The Balaban J connectivity index is 1.36. The van der Waals surface area contributed by atoms with Crippen LogP contribution in [0.2, 0.25) is 0 Å². The molecule has 1 aliphatic rings. The Labute approximate surface area is 166 Å². The molecule has 0 bridgehead atoms. The van der Waals surface area contributed by atoms with Crippen LogP contribution < -0.4 is 15.8 Å². The van der Waals surface area contributed by atoms with Gasteiger partial charge in [0.15, 0.2) is 0 Å². The maximum atomic E-state index is 12.4. The van der Waals surface area contributed by atoms with Gasteiger partial charge in [0.2, 0.25) is 0 Å². The summed E-state index contributed by atoms with van der Waals surface area (Å²) in [5.74, 6) is 2.09. The third kappa shape index (κ3) is 5.59. The molecule has 0 spiro atoms. The fourth-order valence-corrected chi connectivity index (χ4v) is 3.76. The van der Waals surface area contributed by atoms with Gasteiger partial charge in [-0.25, -0.2) is 0 Å². The normalized spacial score (nSPS) is 19.0. The highest BCUT2D eigenvalue weighted by atomic mass is 16.5. The van der Waals surface area contributed by atoms with Gasteiger partial charge in [0, 0.05) is 29.6 Å². The Morgan fingerprint density at radius 1 is 1.11 bits per heavy atom. The molecule has 1 fully saturated rings. The summed E-state index contributed by atoms with van der Waals surface area (Å²) in [6.07, 6.45) is 6.94. The molecule has 3 rings (SSSR count). The van der Waals surface area contributed by atoms with E-state index in [9.17, 15) is 4.79 Å². The first kappa shape index (κ1) is 19.9. The minimum absolute atomic E-state index is 0.0958. The zero-order valence-corrected chi connectivity index (χ0v) is 16.2. The van der Waals surface area contributed by atoms with Crippen LogP contribution in [0.5, 0.6) is 5.75 Å². The van der Waals surface area contributed by atoms with Gasteiger partial charge in [0.05, 0.1) is 6.61 Å². The maximum absolute atomic E-state index is 12.4. The Kier molecular flexibility index (Phi) is 7.06. The van der Waals surface area contributed by atoms with Gasteiger partial charge in [-0.15, -0.1) is 0 Å². The van der Waals surface area contributed by atoms with Gasteiger partial charge in [0.1, 0.15) is 5.75 Å². The average Bonchev–Trinajstić information content (AvgIpc) is 2.74. The van der Waals surface area contributed by atoms with Crippen LogP contribution in [-0.4, -0.2) is 25.3 Å². The molecular weight excluding hydrogens is 350 g/mol. The molecule has 0 saturated heterocycles. The molecule has 2 aromatic rings. The number of ether oxygens (including phenoxy) is 1. The SMILES string of the molecule is N=Cc1cc(C(=O)NCC2CCC(CCOc3ccccc3)CC2)ccc1N. The van der Waals surface area contributed by atoms with Gasteiger partial charge < -0.3 is 21.2 Å². The van der Waals surface area contributed by atoms with Crippen molar-refractivity contribution in [1.29, 1.82) is 5.41 Å². The van der Waals surface area contributed by atoms with Crippen LogP contribution in [0.3, 0.4) is 0 Å². The molecule has 0 heterocycles. The predicted octanol–water partition coefficient (Wildman–Crippen LogP) is 4.27. The quantitative estimate of drug-likeness (QED) is 0.473. The zero-order valence-electron chi connectivity index (χ0n) is 16.2. The van der Waals surface area contributed by atoms with Crippen molar-refractivity contribution >= 4 is 17.8 Å². The number of carbonyl (C=O) groups is 1. The number of amides is 1. The van der Waals surface area contributed by atoms with Crippen molar-refractivity contribution < 1.29 is 9.53 Å². The van der Waals surface area contributed by atoms with Crippen molar-refractivity contribution in [3.63, 3.8) is 0 Å². The molecule has 0 unspecified atom stereocenters. The monoisotopic (exact) mass is 379 g/mol. The van der Waals surface area contributed by atoms with Crippen LogP contribution >= 0.6 is 0 Å². The number of para-hydroxylation sites is 1. The second kappa shape index (κ2) is 9.93. The van der Waals surface area contributed by atoms with Gasteiger partial charge in [-0.05, 0) is 74.3 Å². The average molecular weight is 380 g/mol. The summed E-state index contributed by atoms with van der Waals surface area (Å²) in [7, 11) is 0. The summed E-state index contributed by atoms with van der Waals surface area (Å²) >= 11 is 0. The Hall–Kier alpha value is -2.82. The van der Waals surface area contributed by atoms with Gasteiger partial charge in [0.25, 0.3) is 5.91 Å². The van der Waals surface area contributed by atoms with E-state index in [1.165, 1.54) is 19.1 Å². The Bertz CT molecular complexity index is 784. The lowest BCUT2D eigenvalue weighted by Crippen LogP contribution is -2.31. The van der Waals surface area contributed by atoms with Crippen molar-refractivity contribution in [2.75, 3.05) is 18.9 Å². The van der Waals surface area contributed by atoms with E-state index >= 15 is 0 Å². The predicted molar refractivity (Wildman–Crippen MR) is 113 cm³/mol. The van der Waals surface area contributed by atoms with Crippen molar-refractivity contribution in [2.24, 2.45) is 11.8 Å². The number of nitrogens with two attached hydrogens (primary N) is 1. The van der Waals surface area contributed by atoms with Crippen LogP contribution in [0, 0.1) is 17.2 Å². The van der Waals surface area contributed by atoms with Crippen LogP contribution in [0.4, 0.5) is 5.69 Å². The number of anilines is 1. The second-order valence-electron chi connectivity index (χ2n) is 7.53. The van der Waals surface area contributed by atoms with Crippen LogP contribution in [0.15, 0.2) is 48.5 Å². The van der Waals surface area contributed by atoms with Crippen molar-refractivity contribution in [1.82, 2.24) is 5.32 Å². The van der Waals surface area contributed by atoms with Crippen LogP contribution in [0.25, 0.3) is 0 Å². The van der Waals surface area contributed by atoms with E-state index in [1.807, 2.05) is 30.3 Å². The van der Waals surface area contributed by atoms with Gasteiger partial charge in [-0.3, -0.25) is 4.79 Å². The molecule has 148 valence electrons. The highest BCUT2D eigenvalue weighted by Gasteiger charge is 2.21. The molecule has 5 nitrogen and oxygen atoms in total. The van der Waals surface area contributed by atoms with E-state index in [-0.39, 0.29) is 5.91 Å². The second-order valence-corrected chi connectivity index (χ2v) is 7.53. The molecule has 0 atom stereocenters. The van der Waals surface area contributed by atoms with E-state index in [2.05, 4.69) is 5.32 Å². The minimum Gasteiger partial charge on any atom is -0.494 e. The topological polar surface area (TPSA) is 88.2 Å². The first-order valence-electron chi connectivity index (χ1n) is 10.0. The Morgan fingerprint density at radius 3 is 2.54 bits per heavy atom. The lowest BCUT2D eigenvalue weighted by Gasteiger charge is -2.28. The van der Waals surface area contributed by atoms with E-state index < -0.39 is 0 Å². The number of nitrogen functional groups attached to an aromatic ring is 1. The summed E-state index contributed by atoms with van der Waals surface area (Å²) < 4.78 is 5.81. The first-order valence-corrected chi connectivity index (χ1v) is 10.0. The number of nitrogens with one attached hydrogen (secondary N) is 2. The number of rotatable bonds is 8. The third-order valence-corrected chi connectivity index (χ3v) is 5.56. The third-order valence-electron chi connectivity index (χ3n) is 5.56. The zero-order chi connectivity index (χ0) is 19.8. The summed E-state index contributed by atoms with van der Waals surface area (Å²) in [5.41, 5.74) is 7.42. The molecule has 0 radical (unpaired) electrons. The lowest BCUT2D eigenvalue weighted by molar-refractivity contribution is 0.0940. The molecule has 1 saturated carbocycles. The summed E-state index contributed by atoms with van der Waals surface area (Å²) in [6.45, 7) is 1.47. The molecule has 1 aliphatic carbocycles. The van der Waals surface area contributed by atoms with E-state index in [1.54, 1.807) is 18.2 Å². The van der Waals surface area contributed by atoms with E-state index in [4.69, 9.17) is 15.9 Å². The smallest absolute Gasteiger partial charge is 0.251 e. The Morgan fingerprint density at radius 2 is 1.82 bits per heavy atom. The van der Waals surface area contributed by atoms with Crippen molar-refractivity contribution in [3.8, 4) is 5.75 Å². The first-order chi connectivity index (χ1) is 13.7. The molecule has 4 N–H and O–H groups in total. The molecule has 1 amide bonds. The highest BCUT2D eigenvalue weighted by Crippen LogP contribution is 2.30. The van der Waals surface area contributed by atoms with Gasteiger partial charge in [-0.2, -0.15) is 0 Å². The number of hydrogen-bond donors (Lipinski definition) is 3. The standard InChI is InChI=1S/C23H29N3O2/c24-15-20-14-19(10-11-22(20)25)23(27)26-16-18-8-6-17(7-9-18)12-13-28-21-4-2-1-3-5-21/h1-5,10-11,14-15,17-18,24H,6-9,12-13,16,25H2,(H,26,27). The fourth-order valence-electron chi connectivity index (χ4n) is 3.76. The van der Waals surface area contributed by atoms with Crippen LogP contribution in [-0.2, 0) is 0 Å². The van der Waals surface area contributed by atoms with Gasteiger partial charge in [-0.1, -0.05) is 18.2 Å². The molecule has 0 aromatic heterocycles. The molecule has 0 aliphatic heterocycles. The molecule has 5 heteroatoms. The fraction of sp³-hybridized carbons (Fsp3) is 0.391. The molecule has 28 heavy (non-hydrogen) atoms. The van der Waals surface area contributed by atoms with Crippen molar-refractivity contribution in [3.05, 3.63) is 59.7 Å². The number of hydrogen-bond acceptors (Lipinski definition) is 4. The summed E-state index contributed by atoms with van der Waals surface area (Å²) in [4.78, 5) is 12.4. The van der Waals surface area contributed by atoms with Gasteiger partial charge >= 0.3 is 0 Å². The van der Waals surface area contributed by atoms with Crippen molar-refractivity contribution in [2.45, 2.75) is 32.1 Å².